The zero-order chi connectivity index (χ0) is 17.2. The first-order chi connectivity index (χ1) is 12.2. The number of carbonyl (C=O) groups excluding carboxylic acids is 1. The SMILES string of the molecule is Cc1cccn2cc(-c3ccc(NC(=O)c4ccccn4)cc3)nc12. The van der Waals surface area contributed by atoms with E-state index < -0.39 is 0 Å². The summed E-state index contributed by atoms with van der Waals surface area (Å²) in [6.07, 6.45) is 5.59. The lowest BCUT2D eigenvalue weighted by atomic mass is 10.1. The smallest absolute Gasteiger partial charge is 0.274 e. The van der Waals surface area contributed by atoms with Crippen LogP contribution in [0.3, 0.4) is 0 Å². The molecule has 0 aliphatic heterocycles. The van der Waals surface area contributed by atoms with Crippen LogP contribution in [0.4, 0.5) is 5.69 Å². The summed E-state index contributed by atoms with van der Waals surface area (Å²) in [6.45, 7) is 2.04. The lowest BCUT2D eigenvalue weighted by Gasteiger charge is -2.05. The third-order valence-electron chi connectivity index (χ3n) is 4.01. The number of anilines is 1. The predicted octanol–water partition coefficient (Wildman–Crippen LogP) is 3.96. The van der Waals surface area contributed by atoms with Crippen molar-refractivity contribution in [3.05, 3.63) is 84.4 Å². The summed E-state index contributed by atoms with van der Waals surface area (Å²) in [7, 11) is 0. The Labute approximate surface area is 145 Å². The summed E-state index contributed by atoms with van der Waals surface area (Å²) in [6, 6.07) is 16.9. The second-order valence-corrected chi connectivity index (χ2v) is 5.79. The first-order valence-electron chi connectivity index (χ1n) is 7.98. The van der Waals surface area contributed by atoms with Gasteiger partial charge in [0.15, 0.2) is 0 Å². The van der Waals surface area contributed by atoms with Gasteiger partial charge >= 0.3 is 0 Å². The van der Waals surface area contributed by atoms with Gasteiger partial charge in [0, 0.05) is 29.8 Å². The van der Waals surface area contributed by atoms with Crippen LogP contribution in [0, 0.1) is 6.92 Å². The molecule has 25 heavy (non-hydrogen) atoms. The number of aromatic nitrogens is 3. The van der Waals surface area contributed by atoms with Crippen LogP contribution in [0.15, 0.2) is 73.2 Å². The van der Waals surface area contributed by atoms with Gasteiger partial charge in [0.05, 0.1) is 5.69 Å². The fourth-order valence-electron chi connectivity index (χ4n) is 2.71. The van der Waals surface area contributed by atoms with Crippen molar-refractivity contribution in [2.75, 3.05) is 5.32 Å². The minimum atomic E-state index is -0.225. The molecule has 1 N–H and O–H groups in total. The monoisotopic (exact) mass is 328 g/mol. The van der Waals surface area contributed by atoms with Gasteiger partial charge in [-0.15, -0.1) is 0 Å². The Balaban J connectivity index is 1.57. The minimum Gasteiger partial charge on any atom is -0.321 e. The van der Waals surface area contributed by atoms with Gasteiger partial charge in [0.1, 0.15) is 11.3 Å². The Morgan fingerprint density at radius 3 is 2.60 bits per heavy atom. The Bertz CT molecular complexity index is 1040. The summed E-state index contributed by atoms with van der Waals surface area (Å²) in [5, 5.41) is 2.85. The Morgan fingerprint density at radius 1 is 1.04 bits per heavy atom. The molecule has 5 heteroatoms. The molecule has 4 rings (SSSR count). The van der Waals surface area contributed by atoms with Crippen molar-refractivity contribution in [3.63, 3.8) is 0 Å². The number of imidazole rings is 1. The highest BCUT2D eigenvalue weighted by Gasteiger charge is 2.08. The van der Waals surface area contributed by atoms with Crippen LogP contribution >= 0.6 is 0 Å². The van der Waals surface area contributed by atoms with E-state index in [-0.39, 0.29) is 5.91 Å². The van der Waals surface area contributed by atoms with Crippen LogP contribution in [0.25, 0.3) is 16.9 Å². The molecule has 0 saturated carbocycles. The van der Waals surface area contributed by atoms with Crippen molar-refractivity contribution >= 4 is 17.2 Å². The maximum absolute atomic E-state index is 12.1. The molecule has 1 amide bonds. The van der Waals surface area contributed by atoms with Crippen LogP contribution in [0.1, 0.15) is 16.1 Å². The lowest BCUT2D eigenvalue weighted by molar-refractivity contribution is 0.102. The second kappa shape index (κ2) is 6.20. The molecule has 122 valence electrons. The lowest BCUT2D eigenvalue weighted by Crippen LogP contribution is -2.13. The van der Waals surface area contributed by atoms with Gasteiger partial charge in [-0.05, 0) is 42.8 Å². The van der Waals surface area contributed by atoms with Gasteiger partial charge in [-0.2, -0.15) is 0 Å². The third kappa shape index (κ3) is 2.99. The van der Waals surface area contributed by atoms with E-state index in [1.807, 2.05) is 60.1 Å². The number of aryl methyl sites for hydroxylation is 1. The van der Waals surface area contributed by atoms with E-state index in [1.165, 1.54) is 0 Å². The van der Waals surface area contributed by atoms with Gasteiger partial charge in [-0.25, -0.2) is 4.98 Å². The van der Waals surface area contributed by atoms with E-state index in [9.17, 15) is 4.79 Å². The molecule has 0 atom stereocenters. The topological polar surface area (TPSA) is 59.3 Å². The van der Waals surface area contributed by atoms with E-state index >= 15 is 0 Å². The van der Waals surface area contributed by atoms with Crippen molar-refractivity contribution in [2.45, 2.75) is 6.92 Å². The molecule has 3 heterocycles. The summed E-state index contributed by atoms with van der Waals surface area (Å²) < 4.78 is 2.02. The highest BCUT2D eigenvalue weighted by Crippen LogP contribution is 2.22. The number of amides is 1. The molecule has 0 spiro atoms. The van der Waals surface area contributed by atoms with Gasteiger partial charge in [-0.3, -0.25) is 9.78 Å². The maximum Gasteiger partial charge on any atom is 0.274 e. The molecule has 1 aromatic carbocycles. The van der Waals surface area contributed by atoms with E-state index in [4.69, 9.17) is 0 Å². The van der Waals surface area contributed by atoms with Crippen LogP contribution in [0.5, 0.6) is 0 Å². The maximum atomic E-state index is 12.1. The Kier molecular flexibility index (Phi) is 3.74. The van der Waals surface area contributed by atoms with Crippen molar-refractivity contribution in [3.8, 4) is 11.3 Å². The first-order valence-corrected chi connectivity index (χ1v) is 7.98. The summed E-state index contributed by atoms with van der Waals surface area (Å²) in [5.74, 6) is -0.225. The van der Waals surface area contributed by atoms with Crippen molar-refractivity contribution in [1.82, 2.24) is 14.4 Å². The van der Waals surface area contributed by atoms with Crippen LogP contribution in [0.2, 0.25) is 0 Å². The molecular formula is C20H16N4O. The van der Waals surface area contributed by atoms with Gasteiger partial charge < -0.3 is 9.72 Å². The number of nitrogens with zero attached hydrogens (tertiary/aromatic N) is 3. The van der Waals surface area contributed by atoms with E-state index in [2.05, 4.69) is 15.3 Å². The molecule has 0 bridgehead atoms. The second-order valence-electron chi connectivity index (χ2n) is 5.79. The van der Waals surface area contributed by atoms with E-state index in [0.29, 0.717) is 5.69 Å². The highest BCUT2D eigenvalue weighted by molar-refractivity contribution is 6.02. The van der Waals surface area contributed by atoms with Crippen molar-refractivity contribution in [2.24, 2.45) is 0 Å². The zero-order valence-corrected chi connectivity index (χ0v) is 13.7. The zero-order valence-electron chi connectivity index (χ0n) is 13.7. The number of rotatable bonds is 3. The van der Waals surface area contributed by atoms with E-state index in [0.717, 1.165) is 28.2 Å². The number of hydrogen-bond donors (Lipinski definition) is 1. The third-order valence-corrected chi connectivity index (χ3v) is 4.01. The first kappa shape index (κ1) is 15.1. The molecule has 0 aliphatic rings. The average molecular weight is 328 g/mol. The molecule has 4 aromatic rings. The number of carbonyl (C=O) groups is 1. The standard InChI is InChI=1S/C20H16N4O/c1-14-5-4-12-24-13-18(23-19(14)24)15-7-9-16(10-8-15)22-20(25)17-6-2-3-11-21-17/h2-13H,1H3,(H,22,25). The fourth-order valence-corrected chi connectivity index (χ4v) is 2.71. The molecule has 0 fully saturated rings. The van der Waals surface area contributed by atoms with Crippen molar-refractivity contribution in [1.29, 1.82) is 0 Å². The highest BCUT2D eigenvalue weighted by atomic mass is 16.1. The average Bonchev–Trinajstić information content (AvgIpc) is 3.09. The molecule has 3 aromatic heterocycles. The van der Waals surface area contributed by atoms with Gasteiger partial charge in [0.25, 0.3) is 5.91 Å². The molecule has 5 nitrogen and oxygen atoms in total. The Morgan fingerprint density at radius 2 is 1.88 bits per heavy atom. The van der Waals surface area contributed by atoms with E-state index in [1.54, 1.807) is 24.4 Å². The predicted molar refractivity (Wildman–Crippen MR) is 97.6 cm³/mol. The molecular weight excluding hydrogens is 312 g/mol. The molecule has 0 saturated heterocycles. The molecule has 0 radical (unpaired) electrons. The minimum absolute atomic E-state index is 0.225. The quantitative estimate of drug-likeness (QED) is 0.619. The van der Waals surface area contributed by atoms with Crippen molar-refractivity contribution < 1.29 is 4.79 Å². The molecule has 0 aliphatic carbocycles. The summed E-state index contributed by atoms with van der Waals surface area (Å²) in [4.78, 5) is 20.9. The van der Waals surface area contributed by atoms with Gasteiger partial charge in [-0.1, -0.05) is 24.3 Å². The largest absolute Gasteiger partial charge is 0.321 e. The van der Waals surface area contributed by atoms with Crippen LogP contribution in [-0.2, 0) is 0 Å². The Hall–Kier alpha value is -3.47. The van der Waals surface area contributed by atoms with Crippen LogP contribution < -0.4 is 5.32 Å². The summed E-state index contributed by atoms with van der Waals surface area (Å²) >= 11 is 0. The fraction of sp³-hybridized carbons (Fsp3) is 0.0500. The number of hydrogen-bond acceptors (Lipinski definition) is 3. The number of benzene rings is 1. The summed E-state index contributed by atoms with van der Waals surface area (Å²) in [5.41, 5.74) is 5.09. The normalized spacial score (nSPS) is 10.8. The number of nitrogens with one attached hydrogen (secondary N) is 1. The molecule has 0 unspecified atom stereocenters. The number of pyridine rings is 2. The number of fused-ring (bicyclic) bond motifs is 1. The van der Waals surface area contributed by atoms with Gasteiger partial charge in [0.2, 0.25) is 0 Å². The van der Waals surface area contributed by atoms with Crippen LogP contribution in [-0.4, -0.2) is 20.3 Å².